The first-order valence-corrected chi connectivity index (χ1v) is 17.0. The van der Waals surface area contributed by atoms with E-state index in [4.69, 9.17) is 18.7 Å². The molecule has 0 aliphatic carbocycles. The number of para-hydroxylation sites is 2. The van der Waals surface area contributed by atoms with Gasteiger partial charge in [-0.3, -0.25) is 9.59 Å². The molecule has 10 rings (SSSR count). The second kappa shape index (κ2) is 10.9. The lowest BCUT2D eigenvalue weighted by atomic mass is 9.76. The van der Waals surface area contributed by atoms with E-state index in [0.717, 1.165) is 83.1 Å². The van der Waals surface area contributed by atoms with Gasteiger partial charge >= 0.3 is 0 Å². The largest absolute Gasteiger partial charge is 0.491 e. The molecule has 5 aliphatic rings. The average molecular weight is 656 g/mol. The highest BCUT2D eigenvalue weighted by Crippen LogP contribution is 2.53. The predicted octanol–water partition coefficient (Wildman–Crippen LogP) is 6.52. The van der Waals surface area contributed by atoms with Crippen molar-refractivity contribution in [1.82, 2.24) is 5.16 Å². The maximum absolute atomic E-state index is 13.8. The van der Waals surface area contributed by atoms with Crippen molar-refractivity contribution in [1.29, 1.82) is 0 Å². The number of benzene rings is 4. The summed E-state index contributed by atoms with van der Waals surface area (Å²) < 4.78 is 22.7. The van der Waals surface area contributed by atoms with Crippen molar-refractivity contribution in [3.63, 3.8) is 0 Å². The minimum Gasteiger partial charge on any atom is -0.491 e. The van der Waals surface area contributed by atoms with Crippen LogP contribution in [0.4, 0.5) is 11.4 Å². The Labute approximate surface area is 284 Å². The fourth-order valence-corrected chi connectivity index (χ4v) is 8.33. The van der Waals surface area contributed by atoms with Gasteiger partial charge < -0.3 is 29.0 Å². The molecular weight excluding hydrogens is 618 g/mol. The molecule has 0 saturated carbocycles. The molecule has 1 saturated heterocycles. The molecule has 9 nitrogen and oxygen atoms in total. The van der Waals surface area contributed by atoms with E-state index in [1.807, 2.05) is 60.4 Å². The third kappa shape index (κ3) is 4.24. The highest BCUT2D eigenvalue weighted by molar-refractivity contribution is 6.12. The van der Waals surface area contributed by atoms with Crippen LogP contribution >= 0.6 is 0 Å². The molecule has 5 aliphatic heterocycles. The van der Waals surface area contributed by atoms with Gasteiger partial charge in [-0.2, -0.15) is 0 Å². The Kier molecular flexibility index (Phi) is 6.68. The van der Waals surface area contributed by atoms with Crippen molar-refractivity contribution in [3.8, 4) is 11.5 Å². The lowest BCUT2D eigenvalue weighted by molar-refractivity contribution is -0.122. The summed E-state index contributed by atoms with van der Waals surface area (Å²) >= 11 is 0. The molecule has 4 aromatic carbocycles. The van der Waals surface area contributed by atoms with Crippen molar-refractivity contribution in [2.24, 2.45) is 5.92 Å². The van der Waals surface area contributed by atoms with E-state index in [9.17, 15) is 9.59 Å². The maximum Gasteiger partial charge on any atom is 0.245 e. The van der Waals surface area contributed by atoms with Gasteiger partial charge in [0.25, 0.3) is 0 Å². The molecule has 1 N–H and O–H groups in total. The standard InChI is InChI=1S/C23H25NO3.C17H12N2O3/c1-15-11-19-21(12-16(15)2)27-14-23(19)18-5-3-4-6-20(18)24(22(23)25)13-17-7-9-26-10-8-17;1-9-10-6-12-15(7-14(10)22-19-9)21-8-17(12)11-4-2-3-5-13(11)18-16(17)20/h3-6,11-12,17H,7-10,13-14H2,1-2H3;2-7H,8H2,1H3,(H,18,20). The fraction of sp³-hybridized carbons (Fsp3) is 0.325. The number of hydrogen-bond acceptors (Lipinski definition) is 7. The van der Waals surface area contributed by atoms with E-state index >= 15 is 0 Å². The van der Waals surface area contributed by atoms with Gasteiger partial charge in [0.1, 0.15) is 35.5 Å². The number of amides is 2. The summed E-state index contributed by atoms with van der Waals surface area (Å²) in [7, 11) is 0. The molecule has 0 radical (unpaired) electrons. The molecule has 0 bridgehead atoms. The number of rotatable bonds is 2. The van der Waals surface area contributed by atoms with Crippen LogP contribution in [0.5, 0.6) is 11.5 Å². The molecule has 49 heavy (non-hydrogen) atoms. The SMILES string of the molecule is Cc1cc2c(cc1C)C1(CO2)C(=O)N(CC2CCOCC2)c2ccccc21.Cc1noc2cc3c(cc12)C1(CO3)C(=O)Nc2ccccc21. The normalized spacial score (nSPS) is 23.1. The summed E-state index contributed by atoms with van der Waals surface area (Å²) in [6, 6.07) is 24.1. The van der Waals surface area contributed by atoms with Gasteiger partial charge in [0.15, 0.2) is 5.58 Å². The Morgan fingerprint density at radius 1 is 0.796 bits per heavy atom. The van der Waals surface area contributed by atoms with Crippen molar-refractivity contribution < 1.29 is 28.3 Å². The smallest absolute Gasteiger partial charge is 0.245 e. The van der Waals surface area contributed by atoms with Crippen LogP contribution in [0.15, 0.2) is 77.3 Å². The predicted molar refractivity (Wildman–Crippen MR) is 185 cm³/mol. The summed E-state index contributed by atoms with van der Waals surface area (Å²) in [5.74, 6) is 2.16. The minimum absolute atomic E-state index is 0.0408. The topological polar surface area (TPSA) is 103 Å². The first-order valence-electron chi connectivity index (χ1n) is 17.0. The van der Waals surface area contributed by atoms with Crippen LogP contribution in [0.25, 0.3) is 11.0 Å². The number of carbonyl (C=O) groups is 2. The Morgan fingerprint density at radius 2 is 1.47 bits per heavy atom. The van der Waals surface area contributed by atoms with E-state index in [1.165, 1.54) is 11.1 Å². The fourth-order valence-electron chi connectivity index (χ4n) is 8.33. The van der Waals surface area contributed by atoms with Gasteiger partial charge in [-0.15, -0.1) is 0 Å². The quantitative estimate of drug-likeness (QED) is 0.231. The molecule has 2 unspecified atom stereocenters. The van der Waals surface area contributed by atoms with Gasteiger partial charge in [0.05, 0.1) is 5.69 Å². The monoisotopic (exact) mass is 655 g/mol. The van der Waals surface area contributed by atoms with Crippen molar-refractivity contribution >= 4 is 34.2 Å². The van der Waals surface area contributed by atoms with Gasteiger partial charge in [0, 0.05) is 53.7 Å². The number of fused-ring (bicyclic) bond motifs is 9. The molecule has 6 heterocycles. The lowest BCUT2D eigenvalue weighted by Crippen LogP contribution is -2.44. The first-order chi connectivity index (χ1) is 23.8. The van der Waals surface area contributed by atoms with Crippen LogP contribution in [0.1, 0.15) is 51.9 Å². The Bertz CT molecular complexity index is 2180. The van der Waals surface area contributed by atoms with E-state index in [-0.39, 0.29) is 11.8 Å². The molecule has 2 spiro atoms. The van der Waals surface area contributed by atoms with Crippen LogP contribution in [-0.2, 0) is 25.2 Å². The first kappa shape index (κ1) is 29.9. The number of aryl methyl sites for hydroxylation is 3. The van der Waals surface area contributed by atoms with Gasteiger partial charge in [0.2, 0.25) is 11.8 Å². The number of hydrogen-bond donors (Lipinski definition) is 1. The van der Waals surface area contributed by atoms with E-state index in [2.05, 4.69) is 48.6 Å². The number of nitrogens with zero attached hydrogens (tertiary/aromatic N) is 2. The Balaban J connectivity index is 0.000000135. The zero-order valence-corrected chi connectivity index (χ0v) is 27.8. The molecule has 9 heteroatoms. The number of ether oxygens (including phenoxy) is 3. The summed E-state index contributed by atoms with van der Waals surface area (Å²) in [5.41, 5.74) is 8.28. The number of carbonyl (C=O) groups excluding carboxylic acids is 2. The average Bonchev–Trinajstić information content (AvgIpc) is 3.90. The summed E-state index contributed by atoms with van der Waals surface area (Å²) in [4.78, 5) is 28.6. The van der Waals surface area contributed by atoms with Crippen molar-refractivity contribution in [3.05, 3.63) is 112 Å². The van der Waals surface area contributed by atoms with E-state index in [0.29, 0.717) is 30.5 Å². The van der Waals surface area contributed by atoms with Crippen molar-refractivity contribution in [2.45, 2.75) is 44.4 Å². The molecule has 1 aromatic heterocycles. The Morgan fingerprint density at radius 3 is 2.29 bits per heavy atom. The summed E-state index contributed by atoms with van der Waals surface area (Å²) in [6.07, 6.45) is 2.04. The highest BCUT2D eigenvalue weighted by Gasteiger charge is 2.57. The van der Waals surface area contributed by atoms with Crippen molar-refractivity contribution in [2.75, 3.05) is 43.2 Å². The Hall–Kier alpha value is -5.15. The molecule has 2 atom stereocenters. The zero-order chi connectivity index (χ0) is 33.5. The lowest BCUT2D eigenvalue weighted by Gasteiger charge is -2.29. The minimum atomic E-state index is -0.774. The second-order valence-corrected chi connectivity index (χ2v) is 13.9. The summed E-state index contributed by atoms with van der Waals surface area (Å²) in [5, 5.41) is 7.87. The van der Waals surface area contributed by atoms with Crippen LogP contribution < -0.4 is 19.7 Å². The third-order valence-electron chi connectivity index (χ3n) is 11.2. The highest BCUT2D eigenvalue weighted by atomic mass is 16.5. The van der Waals surface area contributed by atoms with Crippen LogP contribution in [0.2, 0.25) is 0 Å². The van der Waals surface area contributed by atoms with Gasteiger partial charge in [-0.05, 0) is 86.1 Å². The molecule has 5 aromatic rings. The number of anilines is 2. The van der Waals surface area contributed by atoms with Gasteiger partial charge in [-0.1, -0.05) is 47.6 Å². The number of nitrogens with one attached hydrogen (secondary N) is 1. The van der Waals surface area contributed by atoms with Crippen LogP contribution in [0.3, 0.4) is 0 Å². The van der Waals surface area contributed by atoms with Crippen LogP contribution in [0, 0.1) is 26.7 Å². The van der Waals surface area contributed by atoms with Gasteiger partial charge in [-0.25, -0.2) is 0 Å². The third-order valence-corrected chi connectivity index (χ3v) is 11.2. The number of aromatic nitrogens is 1. The van der Waals surface area contributed by atoms with E-state index < -0.39 is 10.8 Å². The second-order valence-electron chi connectivity index (χ2n) is 13.9. The molecule has 2 amide bonds. The summed E-state index contributed by atoms with van der Waals surface area (Å²) in [6.45, 7) is 9.15. The molecule has 1 fully saturated rings. The maximum atomic E-state index is 13.8. The van der Waals surface area contributed by atoms with E-state index in [1.54, 1.807) is 0 Å². The molecular formula is C40H37N3O6. The zero-order valence-electron chi connectivity index (χ0n) is 27.8. The molecule has 248 valence electrons. The van der Waals surface area contributed by atoms with Crippen LogP contribution in [-0.4, -0.2) is 49.9 Å².